The fourth-order valence-corrected chi connectivity index (χ4v) is 3.44. The van der Waals surface area contributed by atoms with Gasteiger partial charge in [0.2, 0.25) is 0 Å². The maximum absolute atomic E-state index is 5.07. The second-order valence-electron chi connectivity index (χ2n) is 7.33. The fraction of sp³-hybridized carbons (Fsp3) is 0.261. The van der Waals surface area contributed by atoms with Crippen LogP contribution in [0.2, 0.25) is 0 Å². The number of imidazole rings is 1. The monoisotopic (exact) mass is 343 g/mol. The van der Waals surface area contributed by atoms with Crippen molar-refractivity contribution in [3.05, 3.63) is 66.4 Å². The Morgan fingerprint density at radius 3 is 2.58 bits per heavy atom. The lowest BCUT2D eigenvalue weighted by atomic mass is 10.1. The van der Waals surface area contributed by atoms with Crippen LogP contribution in [-0.4, -0.2) is 15.9 Å². The molecule has 2 aromatic heterocycles. The topological polar surface area (TPSA) is 29.3 Å². The van der Waals surface area contributed by atoms with Gasteiger partial charge in [0.1, 0.15) is 17.2 Å². The predicted octanol–water partition coefficient (Wildman–Crippen LogP) is 5.92. The third-order valence-electron chi connectivity index (χ3n) is 4.93. The second-order valence-corrected chi connectivity index (χ2v) is 7.33. The molecule has 0 saturated carbocycles. The SMILES string of the molecule is Cc1ccccc1-c1nc2c3ccccc3ccn2c1NCCC(C)C. The minimum Gasteiger partial charge on any atom is -0.369 e. The van der Waals surface area contributed by atoms with Crippen LogP contribution >= 0.6 is 0 Å². The van der Waals surface area contributed by atoms with Gasteiger partial charge in [-0.25, -0.2) is 4.98 Å². The van der Waals surface area contributed by atoms with Gasteiger partial charge in [0.15, 0.2) is 0 Å². The van der Waals surface area contributed by atoms with Crippen LogP contribution < -0.4 is 5.32 Å². The first kappa shape index (κ1) is 16.6. The lowest BCUT2D eigenvalue weighted by Crippen LogP contribution is -2.07. The summed E-state index contributed by atoms with van der Waals surface area (Å²) >= 11 is 0. The molecule has 1 N–H and O–H groups in total. The van der Waals surface area contributed by atoms with E-state index in [1.807, 2.05) is 0 Å². The van der Waals surface area contributed by atoms with Crippen molar-refractivity contribution in [1.82, 2.24) is 9.38 Å². The Balaban J connectivity index is 1.93. The molecule has 0 aliphatic rings. The number of aromatic nitrogens is 2. The van der Waals surface area contributed by atoms with E-state index in [2.05, 4.69) is 91.3 Å². The van der Waals surface area contributed by atoms with Crippen molar-refractivity contribution in [1.29, 1.82) is 0 Å². The quantitative estimate of drug-likeness (QED) is 0.487. The van der Waals surface area contributed by atoms with E-state index in [4.69, 9.17) is 4.98 Å². The highest BCUT2D eigenvalue weighted by atomic mass is 15.1. The molecule has 2 heterocycles. The molecule has 0 amide bonds. The van der Waals surface area contributed by atoms with Crippen LogP contribution in [0, 0.1) is 12.8 Å². The van der Waals surface area contributed by atoms with Crippen molar-refractivity contribution >= 4 is 22.2 Å². The number of hydrogen-bond donors (Lipinski definition) is 1. The summed E-state index contributed by atoms with van der Waals surface area (Å²) in [5, 5.41) is 6.06. The van der Waals surface area contributed by atoms with Crippen molar-refractivity contribution in [2.45, 2.75) is 27.2 Å². The molecular weight excluding hydrogens is 318 g/mol. The molecule has 0 saturated heterocycles. The normalized spacial score (nSPS) is 11.5. The Hall–Kier alpha value is -2.81. The first-order valence-electron chi connectivity index (χ1n) is 9.35. The van der Waals surface area contributed by atoms with Crippen molar-refractivity contribution in [2.24, 2.45) is 5.92 Å². The molecule has 0 unspecified atom stereocenters. The smallest absolute Gasteiger partial charge is 0.147 e. The van der Waals surface area contributed by atoms with E-state index in [1.54, 1.807) is 0 Å². The first-order valence-corrected chi connectivity index (χ1v) is 9.35. The molecule has 3 heteroatoms. The summed E-state index contributed by atoms with van der Waals surface area (Å²) in [7, 11) is 0. The maximum atomic E-state index is 5.07. The molecule has 0 atom stereocenters. The summed E-state index contributed by atoms with van der Waals surface area (Å²) in [6, 6.07) is 19.1. The number of rotatable bonds is 5. The highest BCUT2D eigenvalue weighted by Crippen LogP contribution is 2.33. The standard InChI is InChI=1S/C23H25N3/c1-16(2)12-14-24-23-21(19-10-6-4-8-17(19)3)25-22-20-11-7-5-9-18(20)13-15-26(22)23/h4-11,13,15-16,24H,12,14H2,1-3H3. The van der Waals surface area contributed by atoms with Gasteiger partial charge in [0.25, 0.3) is 0 Å². The summed E-state index contributed by atoms with van der Waals surface area (Å²) in [6.45, 7) is 7.60. The number of nitrogens with zero attached hydrogens (tertiary/aromatic N) is 2. The van der Waals surface area contributed by atoms with Crippen molar-refractivity contribution in [3.63, 3.8) is 0 Å². The van der Waals surface area contributed by atoms with E-state index in [0.717, 1.165) is 30.1 Å². The summed E-state index contributed by atoms with van der Waals surface area (Å²) in [5.74, 6) is 1.75. The Bertz CT molecular complexity index is 1060. The van der Waals surface area contributed by atoms with E-state index >= 15 is 0 Å². The van der Waals surface area contributed by atoms with Crippen molar-refractivity contribution in [3.8, 4) is 11.3 Å². The van der Waals surface area contributed by atoms with Gasteiger partial charge in [-0.05, 0) is 36.3 Å². The first-order chi connectivity index (χ1) is 12.6. The van der Waals surface area contributed by atoms with Crippen molar-refractivity contribution < 1.29 is 0 Å². The minimum atomic E-state index is 0.671. The fourth-order valence-electron chi connectivity index (χ4n) is 3.44. The van der Waals surface area contributed by atoms with Gasteiger partial charge in [-0.1, -0.05) is 62.4 Å². The second kappa shape index (κ2) is 6.83. The number of aryl methyl sites for hydroxylation is 1. The van der Waals surface area contributed by atoms with Gasteiger partial charge in [0.05, 0.1) is 0 Å². The van der Waals surface area contributed by atoms with Gasteiger partial charge in [-0.2, -0.15) is 0 Å². The Morgan fingerprint density at radius 2 is 1.77 bits per heavy atom. The summed E-state index contributed by atoms with van der Waals surface area (Å²) in [5.41, 5.74) is 4.47. The summed E-state index contributed by atoms with van der Waals surface area (Å²) in [6.07, 6.45) is 3.26. The highest BCUT2D eigenvalue weighted by Gasteiger charge is 2.17. The minimum absolute atomic E-state index is 0.671. The zero-order valence-corrected chi connectivity index (χ0v) is 15.7. The molecule has 4 aromatic rings. The van der Waals surface area contributed by atoms with Crippen LogP contribution in [0.25, 0.3) is 27.7 Å². The van der Waals surface area contributed by atoms with Crippen molar-refractivity contribution in [2.75, 3.05) is 11.9 Å². The Morgan fingerprint density at radius 1 is 1.00 bits per heavy atom. The molecule has 26 heavy (non-hydrogen) atoms. The molecule has 0 radical (unpaired) electrons. The molecule has 4 rings (SSSR count). The molecule has 0 aliphatic heterocycles. The third kappa shape index (κ3) is 2.94. The molecular formula is C23H25N3. The number of fused-ring (bicyclic) bond motifs is 3. The highest BCUT2D eigenvalue weighted by molar-refractivity contribution is 5.96. The lowest BCUT2D eigenvalue weighted by molar-refractivity contribution is 0.606. The molecule has 0 spiro atoms. The average Bonchev–Trinajstić information content (AvgIpc) is 3.01. The number of nitrogens with one attached hydrogen (secondary N) is 1. The lowest BCUT2D eigenvalue weighted by Gasteiger charge is -2.11. The average molecular weight is 343 g/mol. The van der Waals surface area contributed by atoms with Gasteiger partial charge in [-0.15, -0.1) is 0 Å². The Kier molecular flexibility index (Phi) is 4.37. The Labute approximate surface area is 154 Å². The number of hydrogen-bond acceptors (Lipinski definition) is 2. The zero-order valence-electron chi connectivity index (χ0n) is 15.7. The van der Waals surface area contributed by atoms with Gasteiger partial charge < -0.3 is 5.32 Å². The molecule has 3 nitrogen and oxygen atoms in total. The zero-order chi connectivity index (χ0) is 18.1. The van der Waals surface area contributed by atoms with Gasteiger partial charge in [0, 0.05) is 23.7 Å². The maximum Gasteiger partial charge on any atom is 0.147 e. The summed E-state index contributed by atoms with van der Waals surface area (Å²) in [4.78, 5) is 5.07. The van der Waals surface area contributed by atoms with E-state index in [-0.39, 0.29) is 0 Å². The van der Waals surface area contributed by atoms with Crippen LogP contribution in [0.4, 0.5) is 5.82 Å². The van der Waals surface area contributed by atoms with Gasteiger partial charge >= 0.3 is 0 Å². The molecule has 0 fully saturated rings. The molecule has 0 bridgehead atoms. The molecule has 0 aliphatic carbocycles. The molecule has 2 aromatic carbocycles. The predicted molar refractivity (Wildman–Crippen MR) is 111 cm³/mol. The van der Waals surface area contributed by atoms with Crippen LogP contribution in [0.3, 0.4) is 0 Å². The largest absolute Gasteiger partial charge is 0.369 e. The summed E-state index contributed by atoms with van der Waals surface area (Å²) < 4.78 is 2.20. The third-order valence-corrected chi connectivity index (χ3v) is 4.93. The van der Waals surface area contributed by atoms with Crippen LogP contribution in [-0.2, 0) is 0 Å². The van der Waals surface area contributed by atoms with E-state index in [0.29, 0.717) is 5.92 Å². The number of pyridine rings is 1. The molecule has 132 valence electrons. The van der Waals surface area contributed by atoms with Crippen LogP contribution in [0.15, 0.2) is 60.8 Å². The van der Waals surface area contributed by atoms with E-state index in [1.165, 1.54) is 21.9 Å². The number of benzene rings is 2. The van der Waals surface area contributed by atoms with Crippen LogP contribution in [0.5, 0.6) is 0 Å². The number of anilines is 1. The van der Waals surface area contributed by atoms with E-state index < -0.39 is 0 Å². The van der Waals surface area contributed by atoms with Crippen LogP contribution in [0.1, 0.15) is 25.8 Å². The van der Waals surface area contributed by atoms with Gasteiger partial charge in [-0.3, -0.25) is 4.40 Å². The van der Waals surface area contributed by atoms with E-state index in [9.17, 15) is 0 Å².